The van der Waals surface area contributed by atoms with Gasteiger partial charge in [-0.05, 0) is 43.2 Å². The van der Waals surface area contributed by atoms with Gasteiger partial charge in [0.05, 0.1) is 23.9 Å². The predicted molar refractivity (Wildman–Crippen MR) is 118 cm³/mol. The third kappa shape index (κ3) is 5.16. The lowest BCUT2D eigenvalue weighted by Crippen LogP contribution is -2.22. The van der Waals surface area contributed by atoms with Crippen LogP contribution in [0.5, 0.6) is 5.75 Å². The van der Waals surface area contributed by atoms with Crippen molar-refractivity contribution in [2.24, 2.45) is 4.99 Å². The van der Waals surface area contributed by atoms with E-state index in [1.807, 2.05) is 31.2 Å². The fourth-order valence-electron chi connectivity index (χ4n) is 3.15. The molecule has 3 rings (SSSR count). The highest BCUT2D eigenvalue weighted by Gasteiger charge is 2.14. The number of rotatable bonds is 8. The molecule has 0 saturated heterocycles. The zero-order valence-electron chi connectivity index (χ0n) is 17.5. The van der Waals surface area contributed by atoms with Crippen LogP contribution >= 0.6 is 11.3 Å². The van der Waals surface area contributed by atoms with Gasteiger partial charge in [0.25, 0.3) is 5.91 Å². The summed E-state index contributed by atoms with van der Waals surface area (Å²) < 4.78 is 13.3. The van der Waals surface area contributed by atoms with Gasteiger partial charge in [0.1, 0.15) is 12.3 Å². The number of amides is 1. The summed E-state index contributed by atoms with van der Waals surface area (Å²) in [5.74, 6) is -0.118. The molecule has 0 aliphatic heterocycles. The highest BCUT2D eigenvalue weighted by molar-refractivity contribution is 7.16. The molecule has 0 bridgehead atoms. The van der Waals surface area contributed by atoms with Gasteiger partial charge in [-0.1, -0.05) is 49.3 Å². The topological polar surface area (TPSA) is 69.9 Å². The quantitative estimate of drug-likeness (QED) is 0.393. The van der Waals surface area contributed by atoms with Crippen LogP contribution in [-0.2, 0) is 16.1 Å². The van der Waals surface area contributed by atoms with Crippen molar-refractivity contribution < 1.29 is 19.1 Å². The number of benzene rings is 2. The number of aryl methyl sites for hydroxylation is 1. The number of ether oxygens (including phenoxy) is 2. The summed E-state index contributed by atoms with van der Waals surface area (Å²) in [6.45, 7) is 4.72. The van der Waals surface area contributed by atoms with Crippen molar-refractivity contribution in [2.45, 2.75) is 39.7 Å². The largest absolute Gasteiger partial charge is 0.494 e. The molecule has 0 aliphatic rings. The van der Waals surface area contributed by atoms with Crippen molar-refractivity contribution in [3.8, 4) is 5.75 Å². The molecule has 158 valence electrons. The molecule has 30 heavy (non-hydrogen) atoms. The van der Waals surface area contributed by atoms with E-state index in [2.05, 4.69) is 11.9 Å². The van der Waals surface area contributed by atoms with Crippen molar-refractivity contribution in [3.63, 3.8) is 0 Å². The normalized spacial score (nSPS) is 11.6. The van der Waals surface area contributed by atoms with Crippen molar-refractivity contribution in [1.29, 1.82) is 0 Å². The summed E-state index contributed by atoms with van der Waals surface area (Å²) in [4.78, 5) is 29.6. The van der Waals surface area contributed by atoms with Crippen molar-refractivity contribution in [2.75, 3.05) is 13.7 Å². The van der Waals surface area contributed by atoms with Crippen LogP contribution in [0, 0.1) is 6.92 Å². The predicted octanol–water partition coefficient (Wildman–Crippen LogP) is 4.49. The fraction of sp³-hybridized carbons (Fsp3) is 0.348. The number of carbonyl (C=O) groups excluding carboxylic acids is 2. The molecule has 0 unspecified atom stereocenters. The molecule has 1 aromatic heterocycles. The van der Waals surface area contributed by atoms with Crippen molar-refractivity contribution in [1.82, 2.24) is 4.57 Å². The van der Waals surface area contributed by atoms with Gasteiger partial charge in [0.2, 0.25) is 0 Å². The molecular weight excluding hydrogens is 400 g/mol. The third-order valence-corrected chi connectivity index (χ3v) is 5.76. The van der Waals surface area contributed by atoms with Gasteiger partial charge in [-0.3, -0.25) is 9.59 Å². The van der Waals surface area contributed by atoms with Gasteiger partial charge in [0.15, 0.2) is 4.80 Å². The van der Waals surface area contributed by atoms with Crippen LogP contribution in [0.15, 0.2) is 47.5 Å². The molecule has 0 N–H and O–H groups in total. The summed E-state index contributed by atoms with van der Waals surface area (Å²) in [5.41, 5.74) is 2.33. The third-order valence-electron chi connectivity index (χ3n) is 4.71. The molecule has 6 nitrogen and oxygen atoms in total. The second-order valence-corrected chi connectivity index (χ2v) is 7.98. The Morgan fingerprint density at radius 3 is 2.70 bits per heavy atom. The molecule has 0 saturated carbocycles. The molecule has 1 heterocycles. The summed E-state index contributed by atoms with van der Waals surface area (Å²) >= 11 is 1.37. The number of methoxy groups -OCH3 is 1. The molecule has 7 heteroatoms. The molecule has 1 amide bonds. The van der Waals surface area contributed by atoms with Crippen LogP contribution in [0.2, 0.25) is 0 Å². The van der Waals surface area contributed by atoms with E-state index >= 15 is 0 Å². The zero-order valence-corrected chi connectivity index (χ0v) is 18.3. The smallest absolute Gasteiger partial charge is 0.325 e. The van der Waals surface area contributed by atoms with Crippen molar-refractivity contribution >= 4 is 33.4 Å². The second-order valence-electron chi connectivity index (χ2n) is 6.97. The highest BCUT2D eigenvalue weighted by atomic mass is 32.1. The summed E-state index contributed by atoms with van der Waals surface area (Å²) in [6, 6.07) is 12.9. The Kier molecular flexibility index (Phi) is 7.41. The summed E-state index contributed by atoms with van der Waals surface area (Å²) in [5, 5.41) is 0. The van der Waals surface area contributed by atoms with E-state index in [1.54, 1.807) is 22.8 Å². The van der Waals surface area contributed by atoms with Gasteiger partial charge in [-0.25, -0.2) is 0 Å². The molecule has 0 atom stereocenters. The fourth-order valence-corrected chi connectivity index (χ4v) is 4.25. The van der Waals surface area contributed by atoms with Crippen LogP contribution in [0.3, 0.4) is 0 Å². The SMILES string of the molecule is CCCCCOc1cccc(C(=O)N=c2sc3cccc(C)c3n2CC(=O)OC)c1. The minimum atomic E-state index is -0.394. The van der Waals surface area contributed by atoms with Crippen LogP contribution in [0.4, 0.5) is 0 Å². The van der Waals surface area contributed by atoms with E-state index < -0.39 is 5.97 Å². The van der Waals surface area contributed by atoms with Gasteiger partial charge in [-0.15, -0.1) is 0 Å². The van der Waals surface area contributed by atoms with Crippen LogP contribution < -0.4 is 9.54 Å². The lowest BCUT2D eigenvalue weighted by atomic mass is 10.2. The molecule has 0 spiro atoms. The molecular formula is C23H26N2O4S. The Morgan fingerprint density at radius 2 is 1.93 bits per heavy atom. The molecule has 2 aromatic carbocycles. The number of para-hydroxylation sites is 1. The molecule has 0 fully saturated rings. The molecule has 0 radical (unpaired) electrons. The number of unbranched alkanes of at least 4 members (excludes halogenated alkanes) is 2. The lowest BCUT2D eigenvalue weighted by Gasteiger charge is -2.07. The summed E-state index contributed by atoms with van der Waals surface area (Å²) in [6.07, 6.45) is 3.22. The number of esters is 1. The highest BCUT2D eigenvalue weighted by Crippen LogP contribution is 2.21. The number of carbonyl (C=O) groups is 2. The first-order valence-electron chi connectivity index (χ1n) is 10.0. The zero-order chi connectivity index (χ0) is 21.5. The number of hydrogen-bond donors (Lipinski definition) is 0. The van der Waals surface area contributed by atoms with Gasteiger partial charge in [-0.2, -0.15) is 4.99 Å². The first-order chi connectivity index (χ1) is 14.5. The first-order valence-corrected chi connectivity index (χ1v) is 10.8. The van der Waals surface area contributed by atoms with E-state index in [4.69, 9.17) is 9.47 Å². The monoisotopic (exact) mass is 426 g/mol. The van der Waals surface area contributed by atoms with Gasteiger partial charge < -0.3 is 14.0 Å². The minimum Gasteiger partial charge on any atom is -0.494 e. The summed E-state index contributed by atoms with van der Waals surface area (Å²) in [7, 11) is 1.35. The molecule has 0 aliphatic carbocycles. The van der Waals surface area contributed by atoms with Crippen molar-refractivity contribution in [3.05, 3.63) is 58.4 Å². The molecule has 3 aromatic rings. The average molecular weight is 427 g/mol. The van der Waals surface area contributed by atoms with E-state index in [0.717, 1.165) is 35.0 Å². The Balaban J connectivity index is 1.94. The Hall–Kier alpha value is -2.93. The number of nitrogens with zero attached hydrogens (tertiary/aromatic N) is 2. The van der Waals surface area contributed by atoms with Gasteiger partial charge in [0, 0.05) is 5.56 Å². The van der Waals surface area contributed by atoms with Gasteiger partial charge >= 0.3 is 5.97 Å². The average Bonchev–Trinajstić information content (AvgIpc) is 3.09. The Labute approximate surface area is 179 Å². The maximum Gasteiger partial charge on any atom is 0.325 e. The van der Waals surface area contributed by atoms with Crippen LogP contribution in [0.25, 0.3) is 10.2 Å². The number of aromatic nitrogens is 1. The van der Waals surface area contributed by atoms with E-state index in [0.29, 0.717) is 22.7 Å². The Bertz CT molecular complexity index is 1110. The maximum absolute atomic E-state index is 12.9. The van der Waals surface area contributed by atoms with Crippen LogP contribution in [-0.4, -0.2) is 30.2 Å². The van der Waals surface area contributed by atoms with E-state index in [1.165, 1.54) is 18.4 Å². The minimum absolute atomic E-state index is 0.00591. The maximum atomic E-state index is 12.9. The standard InChI is InChI=1S/C23H26N2O4S/c1-4-5-6-13-29-18-11-8-10-17(14-18)22(27)24-23-25(15-20(26)28-3)21-16(2)9-7-12-19(21)30-23/h7-12,14H,4-6,13,15H2,1-3H3. The van der Waals surface area contributed by atoms with E-state index in [-0.39, 0.29) is 12.5 Å². The first kappa shape index (κ1) is 21.8. The Morgan fingerprint density at radius 1 is 1.13 bits per heavy atom. The number of thiazole rings is 1. The number of fused-ring (bicyclic) bond motifs is 1. The number of hydrogen-bond acceptors (Lipinski definition) is 5. The lowest BCUT2D eigenvalue weighted by molar-refractivity contribution is -0.141. The van der Waals surface area contributed by atoms with E-state index in [9.17, 15) is 9.59 Å². The second kappa shape index (κ2) is 10.2. The van der Waals surface area contributed by atoms with Crippen LogP contribution in [0.1, 0.15) is 42.1 Å².